The Morgan fingerprint density at radius 2 is 2.03 bits per heavy atom. The molecule has 2 atom stereocenters. The van der Waals surface area contributed by atoms with Crippen molar-refractivity contribution in [2.24, 2.45) is 4.99 Å². The number of carbonyl (C=O) groups is 2. The van der Waals surface area contributed by atoms with Crippen molar-refractivity contribution in [2.45, 2.75) is 37.7 Å². The minimum absolute atomic E-state index is 0.00869. The molecule has 0 spiro atoms. The van der Waals surface area contributed by atoms with Crippen molar-refractivity contribution in [1.29, 1.82) is 0 Å². The average molecular weight is 456 g/mol. The maximum Gasteiger partial charge on any atom is 0.408 e. The van der Waals surface area contributed by atoms with Gasteiger partial charge in [0.25, 0.3) is 5.91 Å². The van der Waals surface area contributed by atoms with E-state index in [2.05, 4.69) is 10.3 Å². The fraction of sp³-hybridized carbons (Fsp3) is 0.526. The first kappa shape index (κ1) is 22.4. The minimum atomic E-state index is -3.16. The Morgan fingerprint density at radius 1 is 1.30 bits per heavy atom. The molecule has 9 nitrogen and oxygen atoms in total. The molecule has 1 aromatic rings. The van der Waals surface area contributed by atoms with Gasteiger partial charge < -0.3 is 19.7 Å². The molecule has 30 heavy (non-hydrogen) atoms. The van der Waals surface area contributed by atoms with Crippen molar-refractivity contribution >= 4 is 44.5 Å². The highest BCUT2D eigenvalue weighted by molar-refractivity contribution is 8.16. The lowest BCUT2D eigenvalue weighted by Gasteiger charge is -2.24. The third-order valence-corrected chi connectivity index (χ3v) is 7.61. The van der Waals surface area contributed by atoms with Gasteiger partial charge in [-0.2, -0.15) is 4.99 Å². The summed E-state index contributed by atoms with van der Waals surface area (Å²) >= 11 is 1.26. The highest BCUT2D eigenvalue weighted by Crippen LogP contribution is 2.41. The van der Waals surface area contributed by atoms with Gasteiger partial charge in [-0.25, -0.2) is 13.2 Å². The second-order valence-corrected chi connectivity index (χ2v) is 11.4. The van der Waals surface area contributed by atoms with Gasteiger partial charge in [-0.3, -0.25) is 4.79 Å². The maximum absolute atomic E-state index is 12.4. The standard InChI is InChI=1S/C19H25N3O6S2/c1-19(2,3)28-18(24)20-9-16(23)21-17-22(12-6-5-7-13(8-12)27-4)14-10-30(25,26)11-15(14)29-17/h5-8,14-15H,9-11H2,1-4H3,(H,20,24). The molecule has 2 aliphatic rings. The monoisotopic (exact) mass is 455 g/mol. The largest absolute Gasteiger partial charge is 0.497 e. The zero-order valence-corrected chi connectivity index (χ0v) is 18.9. The van der Waals surface area contributed by atoms with E-state index in [1.807, 2.05) is 6.07 Å². The van der Waals surface area contributed by atoms with Crippen LogP contribution in [-0.2, 0) is 19.4 Å². The molecule has 0 bridgehead atoms. The lowest BCUT2D eigenvalue weighted by Crippen LogP contribution is -2.38. The number of aliphatic imine (C=N–C) groups is 1. The van der Waals surface area contributed by atoms with Crippen LogP contribution >= 0.6 is 11.8 Å². The molecule has 0 radical (unpaired) electrons. The molecule has 164 valence electrons. The predicted molar refractivity (Wildman–Crippen MR) is 116 cm³/mol. The van der Waals surface area contributed by atoms with Crippen LogP contribution in [0, 0.1) is 0 Å². The summed E-state index contributed by atoms with van der Waals surface area (Å²) in [5, 5.41) is 2.58. The lowest BCUT2D eigenvalue weighted by atomic mass is 10.2. The molecule has 0 aromatic heterocycles. The Morgan fingerprint density at radius 3 is 2.70 bits per heavy atom. The van der Waals surface area contributed by atoms with E-state index in [9.17, 15) is 18.0 Å². The summed E-state index contributed by atoms with van der Waals surface area (Å²) in [4.78, 5) is 30.1. The van der Waals surface area contributed by atoms with Gasteiger partial charge in [0, 0.05) is 17.0 Å². The first-order chi connectivity index (χ1) is 14.0. The highest BCUT2D eigenvalue weighted by Gasteiger charge is 2.49. The first-order valence-electron chi connectivity index (χ1n) is 9.36. The zero-order valence-electron chi connectivity index (χ0n) is 17.2. The first-order valence-corrected chi connectivity index (χ1v) is 12.1. The van der Waals surface area contributed by atoms with E-state index in [0.717, 1.165) is 0 Å². The van der Waals surface area contributed by atoms with E-state index in [1.165, 1.54) is 11.8 Å². The number of amides is 2. The van der Waals surface area contributed by atoms with Gasteiger partial charge in [0.15, 0.2) is 15.0 Å². The van der Waals surface area contributed by atoms with E-state index in [1.54, 1.807) is 51.0 Å². The molecule has 3 rings (SSSR count). The van der Waals surface area contributed by atoms with Gasteiger partial charge in [-0.1, -0.05) is 17.8 Å². The molecule has 2 saturated heterocycles. The average Bonchev–Trinajstić information content (AvgIpc) is 3.09. The van der Waals surface area contributed by atoms with Crippen molar-refractivity contribution in [3.05, 3.63) is 24.3 Å². The number of amidine groups is 1. The van der Waals surface area contributed by atoms with Gasteiger partial charge in [0.1, 0.15) is 17.9 Å². The maximum atomic E-state index is 12.4. The van der Waals surface area contributed by atoms with Crippen LogP contribution in [0.25, 0.3) is 0 Å². The molecule has 2 amide bonds. The van der Waals surface area contributed by atoms with Crippen LogP contribution in [0.5, 0.6) is 5.75 Å². The third-order valence-electron chi connectivity index (χ3n) is 4.40. The summed E-state index contributed by atoms with van der Waals surface area (Å²) in [6.07, 6.45) is -0.706. The number of hydrogen-bond acceptors (Lipinski definition) is 7. The summed E-state index contributed by atoms with van der Waals surface area (Å²) in [6.45, 7) is 4.85. The second kappa shape index (κ2) is 8.46. The molecule has 1 N–H and O–H groups in total. The molecule has 2 unspecified atom stereocenters. The second-order valence-electron chi connectivity index (χ2n) is 8.02. The Labute approximate surface area is 180 Å². The molecule has 0 saturated carbocycles. The molecule has 11 heteroatoms. The fourth-order valence-electron chi connectivity index (χ4n) is 3.23. The van der Waals surface area contributed by atoms with Crippen molar-refractivity contribution in [3.63, 3.8) is 0 Å². The number of nitrogens with one attached hydrogen (secondary N) is 1. The Hall–Kier alpha value is -2.27. The number of ether oxygens (including phenoxy) is 2. The van der Waals surface area contributed by atoms with Gasteiger partial charge >= 0.3 is 6.09 Å². The molecule has 2 aliphatic heterocycles. The van der Waals surface area contributed by atoms with Crippen LogP contribution in [-0.4, -0.2) is 67.6 Å². The summed E-state index contributed by atoms with van der Waals surface area (Å²) in [7, 11) is -1.62. The summed E-state index contributed by atoms with van der Waals surface area (Å²) in [6, 6.07) is 6.83. The van der Waals surface area contributed by atoms with Gasteiger partial charge in [0.2, 0.25) is 0 Å². The van der Waals surface area contributed by atoms with Crippen molar-refractivity contribution < 1.29 is 27.5 Å². The van der Waals surface area contributed by atoms with Crippen LogP contribution in [0.4, 0.5) is 10.5 Å². The fourth-order valence-corrected chi connectivity index (χ4v) is 7.17. The number of rotatable bonds is 4. The molecule has 2 fully saturated rings. The third kappa shape index (κ3) is 5.45. The van der Waals surface area contributed by atoms with Gasteiger partial charge in [-0.05, 0) is 32.9 Å². The highest BCUT2D eigenvalue weighted by atomic mass is 32.2. The van der Waals surface area contributed by atoms with Gasteiger partial charge in [0.05, 0.1) is 24.7 Å². The predicted octanol–water partition coefficient (Wildman–Crippen LogP) is 1.82. The topological polar surface area (TPSA) is 114 Å². The Bertz CT molecular complexity index is 971. The van der Waals surface area contributed by atoms with E-state index in [4.69, 9.17) is 9.47 Å². The number of methoxy groups -OCH3 is 1. The Balaban J connectivity index is 1.80. The molecule has 2 heterocycles. The molecule has 1 aromatic carbocycles. The number of carbonyl (C=O) groups excluding carboxylic acids is 2. The van der Waals surface area contributed by atoms with Crippen LogP contribution < -0.4 is 15.0 Å². The number of hydrogen-bond donors (Lipinski definition) is 1. The van der Waals surface area contributed by atoms with E-state index in [0.29, 0.717) is 16.6 Å². The number of anilines is 1. The minimum Gasteiger partial charge on any atom is -0.497 e. The molecular weight excluding hydrogens is 430 g/mol. The van der Waals surface area contributed by atoms with Crippen molar-refractivity contribution in [3.8, 4) is 5.75 Å². The summed E-state index contributed by atoms with van der Waals surface area (Å²) < 4.78 is 34.6. The SMILES string of the molecule is COc1cccc(N2C(=NC(=O)CNC(=O)OC(C)(C)C)SC3CS(=O)(=O)CC32)c1. The molecule has 0 aliphatic carbocycles. The molecular formula is C19H25N3O6S2. The number of fused-ring (bicyclic) bond motifs is 1. The number of benzene rings is 1. The van der Waals surface area contributed by atoms with Gasteiger partial charge in [-0.15, -0.1) is 0 Å². The number of nitrogens with zero attached hydrogens (tertiary/aromatic N) is 2. The van der Waals surface area contributed by atoms with E-state index in [-0.39, 0.29) is 29.3 Å². The van der Waals surface area contributed by atoms with Crippen LogP contribution in [0.1, 0.15) is 20.8 Å². The normalized spacial score (nSPS) is 23.9. The van der Waals surface area contributed by atoms with Crippen molar-refractivity contribution in [1.82, 2.24) is 5.32 Å². The van der Waals surface area contributed by atoms with E-state index < -0.39 is 27.4 Å². The lowest BCUT2D eigenvalue weighted by molar-refractivity contribution is -0.117. The van der Waals surface area contributed by atoms with Crippen LogP contribution in [0.15, 0.2) is 29.3 Å². The van der Waals surface area contributed by atoms with Crippen LogP contribution in [0.2, 0.25) is 0 Å². The number of thioether (sulfide) groups is 1. The quantitative estimate of drug-likeness (QED) is 0.731. The Kier molecular flexibility index (Phi) is 6.32. The smallest absolute Gasteiger partial charge is 0.408 e. The number of alkyl carbamates (subject to hydrolysis) is 1. The van der Waals surface area contributed by atoms with Crippen LogP contribution in [0.3, 0.4) is 0 Å². The zero-order chi connectivity index (χ0) is 22.1. The van der Waals surface area contributed by atoms with E-state index >= 15 is 0 Å². The summed E-state index contributed by atoms with van der Waals surface area (Å²) in [5.41, 5.74) is 0.0185. The van der Waals surface area contributed by atoms with Crippen molar-refractivity contribution in [2.75, 3.05) is 30.1 Å². The summed E-state index contributed by atoms with van der Waals surface area (Å²) in [5.74, 6) is 0.0791. The number of sulfone groups is 1.